The Labute approximate surface area is 137 Å². The van der Waals surface area contributed by atoms with E-state index in [1.165, 1.54) is 6.92 Å². The van der Waals surface area contributed by atoms with Crippen molar-refractivity contribution in [1.82, 2.24) is 9.62 Å². The summed E-state index contributed by atoms with van der Waals surface area (Å²) in [5, 5.41) is 0. The first-order valence-corrected chi connectivity index (χ1v) is 9.35. The molecule has 0 bridgehead atoms. The normalized spacial score (nSPS) is 21.2. The molecule has 1 aromatic carbocycles. The minimum absolute atomic E-state index is 0.0422. The van der Waals surface area contributed by atoms with Gasteiger partial charge in [0.15, 0.2) is 0 Å². The lowest BCUT2D eigenvalue weighted by Gasteiger charge is -2.45. The van der Waals surface area contributed by atoms with Crippen molar-refractivity contribution in [2.45, 2.75) is 32.4 Å². The third kappa shape index (κ3) is 4.53. The predicted octanol–water partition coefficient (Wildman–Crippen LogP) is 1.30. The van der Waals surface area contributed by atoms with Crippen molar-refractivity contribution in [1.29, 1.82) is 0 Å². The van der Waals surface area contributed by atoms with Crippen LogP contribution < -0.4 is 4.72 Å². The Hall–Kier alpha value is -1.44. The Bertz CT molecular complexity index is 643. The van der Waals surface area contributed by atoms with Gasteiger partial charge < -0.3 is 9.64 Å². The summed E-state index contributed by atoms with van der Waals surface area (Å²) >= 11 is 0. The molecule has 1 aliphatic heterocycles. The zero-order chi connectivity index (χ0) is 17.1. The number of amides is 1. The zero-order valence-corrected chi connectivity index (χ0v) is 14.6. The molecule has 0 saturated carbocycles. The average Bonchev–Trinajstić information content (AvgIpc) is 2.53. The van der Waals surface area contributed by atoms with Gasteiger partial charge >= 0.3 is 0 Å². The predicted molar refractivity (Wildman–Crippen MR) is 88.4 cm³/mol. The van der Waals surface area contributed by atoms with Gasteiger partial charge in [-0.3, -0.25) is 4.79 Å². The van der Waals surface area contributed by atoms with E-state index >= 15 is 0 Å². The quantitative estimate of drug-likeness (QED) is 0.877. The van der Waals surface area contributed by atoms with Crippen LogP contribution in [-0.4, -0.2) is 50.2 Å². The summed E-state index contributed by atoms with van der Waals surface area (Å²) in [5.74, 6) is -0.282. The average molecular weight is 340 g/mol. The largest absolute Gasteiger partial charge is 0.369 e. The molecule has 0 radical (unpaired) electrons. The molecule has 1 atom stereocenters. The molecule has 0 aromatic heterocycles. The van der Waals surface area contributed by atoms with Crippen LogP contribution in [-0.2, 0) is 19.6 Å². The standard InChI is InChI=1S/C16H24N2O4S/c1-4-23(20,21)17-10-15(19)18-11-14(22-12-16(18,2)3)13-8-6-5-7-9-13/h5-9,14,17H,4,10-12H2,1-3H3/t14-/m1/s1. The second-order valence-electron chi connectivity index (χ2n) is 6.25. The van der Waals surface area contributed by atoms with Gasteiger partial charge in [-0.05, 0) is 26.3 Å². The van der Waals surface area contributed by atoms with Crippen molar-refractivity contribution in [2.24, 2.45) is 0 Å². The molecule has 1 aromatic rings. The number of rotatable bonds is 5. The fraction of sp³-hybridized carbons (Fsp3) is 0.562. The molecule has 1 heterocycles. The summed E-state index contributed by atoms with van der Waals surface area (Å²) in [6.07, 6.45) is -0.198. The Morgan fingerprint density at radius 3 is 2.61 bits per heavy atom. The van der Waals surface area contributed by atoms with Gasteiger partial charge in [-0.2, -0.15) is 0 Å². The second kappa shape index (κ2) is 6.98. The van der Waals surface area contributed by atoms with Gasteiger partial charge in [-0.15, -0.1) is 0 Å². The Morgan fingerprint density at radius 1 is 1.35 bits per heavy atom. The van der Waals surface area contributed by atoms with Gasteiger partial charge in [0.2, 0.25) is 15.9 Å². The summed E-state index contributed by atoms with van der Waals surface area (Å²) in [5.41, 5.74) is 0.537. The first kappa shape index (κ1) is 17.9. The molecular weight excluding hydrogens is 316 g/mol. The number of hydrogen-bond donors (Lipinski definition) is 1. The van der Waals surface area contributed by atoms with Gasteiger partial charge in [-0.1, -0.05) is 30.3 Å². The second-order valence-corrected chi connectivity index (χ2v) is 8.35. The maximum Gasteiger partial charge on any atom is 0.238 e. The molecule has 0 spiro atoms. The number of carbonyl (C=O) groups excluding carboxylic acids is 1. The maximum absolute atomic E-state index is 12.5. The fourth-order valence-electron chi connectivity index (χ4n) is 2.53. The third-order valence-electron chi connectivity index (χ3n) is 4.01. The smallest absolute Gasteiger partial charge is 0.238 e. The van der Waals surface area contributed by atoms with Gasteiger partial charge in [0.1, 0.15) is 6.10 Å². The van der Waals surface area contributed by atoms with Crippen LogP contribution in [0.3, 0.4) is 0 Å². The van der Waals surface area contributed by atoms with Gasteiger partial charge in [-0.25, -0.2) is 13.1 Å². The van der Waals surface area contributed by atoms with Gasteiger partial charge in [0, 0.05) is 0 Å². The number of carbonyl (C=O) groups is 1. The molecule has 128 valence electrons. The number of morpholine rings is 1. The molecule has 2 rings (SSSR count). The molecule has 23 heavy (non-hydrogen) atoms. The van der Waals surface area contributed by atoms with Crippen LogP contribution in [0.5, 0.6) is 0 Å². The number of benzene rings is 1. The van der Waals surface area contributed by atoms with E-state index in [1.54, 1.807) is 4.90 Å². The highest BCUT2D eigenvalue weighted by Gasteiger charge is 2.38. The first-order chi connectivity index (χ1) is 10.7. The number of hydrogen-bond acceptors (Lipinski definition) is 4. The van der Waals surface area contributed by atoms with Crippen molar-refractivity contribution < 1.29 is 17.9 Å². The molecule has 1 amide bonds. The Balaban J connectivity index is 2.09. The molecule has 0 unspecified atom stereocenters. The minimum atomic E-state index is -3.38. The summed E-state index contributed by atoms with van der Waals surface area (Å²) in [6.45, 7) is 5.96. The van der Waals surface area contributed by atoms with Crippen molar-refractivity contribution in [3.8, 4) is 0 Å². The first-order valence-electron chi connectivity index (χ1n) is 7.69. The summed E-state index contributed by atoms with van der Waals surface area (Å²) < 4.78 is 31.3. The van der Waals surface area contributed by atoms with Crippen LogP contribution in [0.1, 0.15) is 32.4 Å². The molecule has 1 saturated heterocycles. The van der Waals surface area contributed by atoms with E-state index in [4.69, 9.17) is 4.74 Å². The lowest BCUT2D eigenvalue weighted by atomic mass is 9.98. The van der Waals surface area contributed by atoms with Crippen molar-refractivity contribution in [3.05, 3.63) is 35.9 Å². The third-order valence-corrected chi connectivity index (χ3v) is 5.36. The van der Waals surface area contributed by atoms with Crippen molar-refractivity contribution in [3.63, 3.8) is 0 Å². The highest BCUT2D eigenvalue weighted by Crippen LogP contribution is 2.30. The highest BCUT2D eigenvalue weighted by molar-refractivity contribution is 7.89. The van der Waals surface area contributed by atoms with Gasteiger partial charge in [0.05, 0.1) is 31.0 Å². The lowest BCUT2D eigenvalue weighted by Crippen LogP contribution is -2.58. The number of sulfonamides is 1. The summed E-state index contributed by atoms with van der Waals surface area (Å²) in [7, 11) is -3.38. The zero-order valence-electron chi connectivity index (χ0n) is 13.8. The summed E-state index contributed by atoms with van der Waals surface area (Å²) in [6, 6.07) is 9.72. The molecular formula is C16H24N2O4S. The number of nitrogens with zero attached hydrogens (tertiary/aromatic N) is 1. The van der Waals surface area contributed by atoms with E-state index in [2.05, 4.69) is 4.72 Å². The van der Waals surface area contributed by atoms with Crippen molar-refractivity contribution in [2.75, 3.05) is 25.4 Å². The monoisotopic (exact) mass is 340 g/mol. The Kier molecular flexibility index (Phi) is 5.44. The molecule has 1 fully saturated rings. The minimum Gasteiger partial charge on any atom is -0.369 e. The SMILES string of the molecule is CCS(=O)(=O)NCC(=O)N1C[C@H](c2ccccc2)OCC1(C)C. The van der Waals surface area contributed by atoms with Gasteiger partial charge in [0.25, 0.3) is 0 Å². The molecule has 6 nitrogen and oxygen atoms in total. The molecule has 0 aliphatic carbocycles. The van der Waals surface area contributed by atoms with E-state index in [0.29, 0.717) is 13.2 Å². The highest BCUT2D eigenvalue weighted by atomic mass is 32.2. The molecule has 1 aliphatic rings. The number of nitrogens with one attached hydrogen (secondary N) is 1. The molecule has 1 N–H and O–H groups in total. The fourth-order valence-corrected chi connectivity index (χ4v) is 3.07. The number of ether oxygens (including phenoxy) is 1. The van der Waals surface area contributed by atoms with Crippen LogP contribution in [0, 0.1) is 0 Å². The van der Waals surface area contributed by atoms with Crippen LogP contribution >= 0.6 is 0 Å². The van der Waals surface area contributed by atoms with E-state index in [-0.39, 0.29) is 24.3 Å². The van der Waals surface area contributed by atoms with Crippen LogP contribution in [0.25, 0.3) is 0 Å². The van der Waals surface area contributed by atoms with E-state index in [1.807, 2.05) is 44.2 Å². The van der Waals surface area contributed by atoms with Crippen LogP contribution in [0.4, 0.5) is 0 Å². The maximum atomic E-state index is 12.5. The van der Waals surface area contributed by atoms with E-state index in [9.17, 15) is 13.2 Å². The van der Waals surface area contributed by atoms with E-state index < -0.39 is 15.6 Å². The van der Waals surface area contributed by atoms with Crippen LogP contribution in [0.15, 0.2) is 30.3 Å². The molecule has 7 heteroatoms. The lowest BCUT2D eigenvalue weighted by molar-refractivity contribution is -0.153. The topological polar surface area (TPSA) is 75.7 Å². The summed E-state index contributed by atoms with van der Waals surface area (Å²) in [4.78, 5) is 14.2. The Morgan fingerprint density at radius 2 is 2.00 bits per heavy atom. The van der Waals surface area contributed by atoms with Crippen molar-refractivity contribution >= 4 is 15.9 Å². The van der Waals surface area contributed by atoms with E-state index in [0.717, 1.165) is 5.56 Å². The van der Waals surface area contributed by atoms with Crippen LogP contribution in [0.2, 0.25) is 0 Å².